The first-order valence-electron chi connectivity index (χ1n) is 7.30. The van der Waals surface area contributed by atoms with Gasteiger partial charge in [-0.1, -0.05) is 42.1 Å². The maximum absolute atomic E-state index is 13.1. The van der Waals surface area contributed by atoms with Gasteiger partial charge in [-0.05, 0) is 30.5 Å². The van der Waals surface area contributed by atoms with E-state index in [0.29, 0.717) is 0 Å². The van der Waals surface area contributed by atoms with Gasteiger partial charge in [-0.3, -0.25) is 4.79 Å². The number of thioether (sulfide) groups is 1. The normalized spacial score (nSPS) is 25.0. The van der Waals surface area contributed by atoms with Gasteiger partial charge < -0.3 is 10.2 Å². The van der Waals surface area contributed by atoms with E-state index >= 15 is 0 Å². The number of amides is 1. The lowest BCUT2D eigenvalue weighted by atomic mass is 9.99. The molecule has 0 unspecified atom stereocenters. The van der Waals surface area contributed by atoms with Gasteiger partial charge >= 0.3 is 0 Å². The average Bonchev–Trinajstić information content (AvgIpc) is 3.02. The Morgan fingerprint density at radius 3 is 2.95 bits per heavy atom. The molecule has 0 saturated heterocycles. The summed E-state index contributed by atoms with van der Waals surface area (Å²) < 4.78 is 0. The van der Waals surface area contributed by atoms with Crippen molar-refractivity contribution in [3.63, 3.8) is 0 Å². The summed E-state index contributed by atoms with van der Waals surface area (Å²) in [5.41, 5.74) is 4.66. The number of nitrogens with zero attached hydrogens (tertiary/aromatic N) is 1. The number of nitrogens with one attached hydrogen (secondary N) is 1. The highest BCUT2D eigenvalue weighted by molar-refractivity contribution is 8.01. The van der Waals surface area contributed by atoms with E-state index in [2.05, 4.69) is 35.6 Å². The molecule has 2 aromatic carbocycles. The van der Waals surface area contributed by atoms with Crippen molar-refractivity contribution in [2.45, 2.75) is 22.6 Å². The Morgan fingerprint density at radius 2 is 2.05 bits per heavy atom. The smallest absolute Gasteiger partial charge is 0.268 e. The molecule has 0 radical (unpaired) electrons. The maximum atomic E-state index is 13.1. The predicted octanol–water partition coefficient (Wildman–Crippen LogP) is 3.35. The topological polar surface area (TPSA) is 32.3 Å². The number of fused-ring (bicyclic) bond motifs is 2. The van der Waals surface area contributed by atoms with Gasteiger partial charge in [0.1, 0.15) is 0 Å². The summed E-state index contributed by atoms with van der Waals surface area (Å²) >= 11 is 1.65. The molecule has 1 N–H and O–H groups in total. The molecule has 5 rings (SSSR count). The average molecular weight is 294 g/mol. The fourth-order valence-electron chi connectivity index (χ4n) is 3.70. The molecule has 3 aliphatic heterocycles. The van der Waals surface area contributed by atoms with Gasteiger partial charge in [-0.15, -0.1) is 0 Å². The molecule has 3 aliphatic rings. The highest BCUT2D eigenvalue weighted by Crippen LogP contribution is 2.58. The third kappa shape index (κ3) is 1.34. The van der Waals surface area contributed by atoms with Crippen molar-refractivity contribution in [1.82, 2.24) is 0 Å². The molecule has 0 aromatic heterocycles. The minimum atomic E-state index is -0.653. The van der Waals surface area contributed by atoms with E-state index in [1.807, 2.05) is 17.0 Å². The van der Waals surface area contributed by atoms with Gasteiger partial charge in [0.15, 0.2) is 4.87 Å². The van der Waals surface area contributed by atoms with Crippen molar-refractivity contribution in [2.24, 2.45) is 0 Å². The molecule has 3 heterocycles. The summed E-state index contributed by atoms with van der Waals surface area (Å²) in [6, 6.07) is 14.5. The second kappa shape index (κ2) is 3.83. The number of para-hydroxylation sites is 2. The Labute approximate surface area is 127 Å². The lowest BCUT2D eigenvalue weighted by Gasteiger charge is -2.26. The zero-order valence-corrected chi connectivity index (χ0v) is 12.2. The fourth-order valence-corrected chi connectivity index (χ4v) is 5.04. The van der Waals surface area contributed by atoms with Crippen LogP contribution in [0, 0.1) is 0 Å². The molecule has 1 spiro atoms. The predicted molar refractivity (Wildman–Crippen MR) is 84.7 cm³/mol. The quantitative estimate of drug-likeness (QED) is 0.808. The van der Waals surface area contributed by atoms with E-state index in [4.69, 9.17) is 0 Å². The Balaban J connectivity index is 1.75. The van der Waals surface area contributed by atoms with Crippen LogP contribution in [0.1, 0.15) is 17.5 Å². The van der Waals surface area contributed by atoms with E-state index in [-0.39, 0.29) is 5.91 Å². The lowest BCUT2D eigenvalue weighted by molar-refractivity contribution is -0.119. The molecule has 21 heavy (non-hydrogen) atoms. The van der Waals surface area contributed by atoms with Crippen molar-refractivity contribution in [2.75, 3.05) is 16.8 Å². The number of hydrogen-bond acceptors (Lipinski definition) is 3. The first kappa shape index (κ1) is 11.7. The van der Waals surface area contributed by atoms with E-state index in [9.17, 15) is 4.79 Å². The van der Waals surface area contributed by atoms with Crippen LogP contribution >= 0.6 is 11.8 Å². The van der Waals surface area contributed by atoms with Crippen LogP contribution in [0.4, 0.5) is 11.4 Å². The monoisotopic (exact) mass is 294 g/mol. The van der Waals surface area contributed by atoms with E-state index in [0.717, 1.165) is 41.2 Å². The highest BCUT2D eigenvalue weighted by atomic mass is 32.2. The third-order valence-electron chi connectivity index (χ3n) is 4.60. The summed E-state index contributed by atoms with van der Waals surface area (Å²) in [4.78, 5) is 15.6. The van der Waals surface area contributed by atoms with Gasteiger partial charge in [0.25, 0.3) is 5.91 Å². The molecule has 1 amide bonds. The van der Waals surface area contributed by atoms with Crippen molar-refractivity contribution < 1.29 is 4.79 Å². The minimum Gasteiger partial charge on any atom is -0.358 e. The Hall–Kier alpha value is -1.94. The lowest BCUT2D eigenvalue weighted by Crippen LogP contribution is -2.42. The van der Waals surface area contributed by atoms with Crippen molar-refractivity contribution in [3.05, 3.63) is 53.6 Å². The number of aryl methyl sites for hydroxylation is 1. The summed E-state index contributed by atoms with van der Waals surface area (Å²) in [5, 5.41) is 3.51. The summed E-state index contributed by atoms with van der Waals surface area (Å²) in [6.45, 7) is 0.836. The van der Waals surface area contributed by atoms with Crippen LogP contribution in [0.3, 0.4) is 0 Å². The van der Waals surface area contributed by atoms with Crippen molar-refractivity contribution in [3.8, 4) is 0 Å². The zero-order chi connectivity index (χ0) is 14.0. The summed E-state index contributed by atoms with van der Waals surface area (Å²) in [6.07, 6.45) is 2.12. The van der Waals surface area contributed by atoms with Crippen LogP contribution in [-0.4, -0.2) is 12.5 Å². The zero-order valence-electron chi connectivity index (χ0n) is 11.4. The number of benzene rings is 2. The van der Waals surface area contributed by atoms with Gasteiger partial charge in [-0.2, -0.15) is 0 Å². The molecule has 0 bridgehead atoms. The number of rotatable bonds is 0. The van der Waals surface area contributed by atoms with E-state index in [1.165, 1.54) is 5.56 Å². The molecule has 1 atom stereocenters. The van der Waals surface area contributed by atoms with Gasteiger partial charge in [-0.25, -0.2) is 0 Å². The van der Waals surface area contributed by atoms with E-state index in [1.54, 1.807) is 11.8 Å². The van der Waals surface area contributed by atoms with Gasteiger partial charge in [0.05, 0.1) is 5.69 Å². The largest absolute Gasteiger partial charge is 0.358 e. The standard InChI is InChI=1S/C17H14N2OS/c20-16-17(18-13-8-1-2-9-14(13)21-17)12-7-3-5-11-6-4-10-19(16)15(11)12/h1-3,5,7-9,18H,4,6,10H2/t17-/m0/s1. The van der Waals surface area contributed by atoms with Crippen molar-refractivity contribution >= 4 is 29.0 Å². The molecular weight excluding hydrogens is 280 g/mol. The Morgan fingerprint density at radius 1 is 1.14 bits per heavy atom. The van der Waals surface area contributed by atoms with E-state index < -0.39 is 4.87 Å². The fraction of sp³-hybridized carbons (Fsp3) is 0.235. The second-order valence-electron chi connectivity index (χ2n) is 5.78. The molecule has 2 aromatic rings. The SMILES string of the molecule is O=C1N2CCCc3cccc(c32)[C@@]12Nc1ccccc1S2. The number of anilines is 2. The van der Waals surface area contributed by atoms with Crippen LogP contribution in [0.5, 0.6) is 0 Å². The second-order valence-corrected chi connectivity index (χ2v) is 7.03. The molecular formula is C17H14N2OS. The van der Waals surface area contributed by atoms with Crippen LogP contribution in [0.25, 0.3) is 0 Å². The third-order valence-corrected chi connectivity index (χ3v) is 5.98. The maximum Gasteiger partial charge on any atom is 0.268 e. The van der Waals surface area contributed by atoms with Gasteiger partial charge in [0.2, 0.25) is 0 Å². The van der Waals surface area contributed by atoms with Crippen molar-refractivity contribution in [1.29, 1.82) is 0 Å². The van der Waals surface area contributed by atoms with Crippen LogP contribution in [0.2, 0.25) is 0 Å². The van der Waals surface area contributed by atoms with Crippen LogP contribution in [0.15, 0.2) is 47.4 Å². The Kier molecular flexibility index (Phi) is 2.13. The van der Waals surface area contributed by atoms with Crippen LogP contribution < -0.4 is 10.2 Å². The summed E-state index contributed by atoms with van der Waals surface area (Å²) in [7, 11) is 0. The van der Waals surface area contributed by atoms with Gasteiger partial charge in [0, 0.05) is 22.7 Å². The highest BCUT2D eigenvalue weighted by Gasteiger charge is 2.56. The number of carbonyl (C=O) groups is 1. The molecule has 104 valence electrons. The molecule has 0 saturated carbocycles. The first-order chi connectivity index (χ1) is 10.3. The molecule has 4 heteroatoms. The molecule has 3 nitrogen and oxygen atoms in total. The number of hydrogen-bond donors (Lipinski definition) is 1. The van der Waals surface area contributed by atoms with Crippen LogP contribution in [-0.2, 0) is 16.1 Å². The first-order valence-corrected chi connectivity index (χ1v) is 8.12. The minimum absolute atomic E-state index is 0.186. The molecule has 0 aliphatic carbocycles. The number of carbonyl (C=O) groups excluding carboxylic acids is 1. The summed E-state index contributed by atoms with van der Waals surface area (Å²) in [5.74, 6) is 0.186. The molecule has 0 fully saturated rings. The Bertz CT molecular complexity index is 761.